The number of aliphatic hydroxyl groups is 1. The van der Waals surface area contributed by atoms with Crippen LogP contribution in [-0.2, 0) is 11.3 Å². The van der Waals surface area contributed by atoms with E-state index in [1.807, 2.05) is 42.6 Å². The van der Waals surface area contributed by atoms with Gasteiger partial charge in [0.05, 0.1) is 56.5 Å². The maximum atomic E-state index is 9.14. The van der Waals surface area contributed by atoms with Gasteiger partial charge in [-0.15, -0.1) is 0 Å². The molecule has 2 heterocycles. The zero-order valence-corrected chi connectivity index (χ0v) is 19.6. The highest BCUT2D eigenvalue weighted by molar-refractivity contribution is 5.82. The van der Waals surface area contributed by atoms with Gasteiger partial charge in [-0.25, -0.2) is 4.98 Å². The Kier molecular flexibility index (Phi) is 7.56. The molecule has 4 aromatic rings. The lowest BCUT2D eigenvalue weighted by atomic mass is 10.1. The summed E-state index contributed by atoms with van der Waals surface area (Å²) in [6.07, 6.45) is 6.17. The summed E-state index contributed by atoms with van der Waals surface area (Å²) in [5, 5.41) is 13.4. The molecule has 1 N–H and O–H groups in total. The van der Waals surface area contributed by atoms with Crippen molar-refractivity contribution in [3.63, 3.8) is 0 Å². The number of aromatic nitrogens is 4. The second-order valence-electron chi connectivity index (χ2n) is 7.71. The zero-order chi connectivity index (χ0) is 23.9. The van der Waals surface area contributed by atoms with Crippen LogP contribution in [0.25, 0.3) is 22.3 Å². The van der Waals surface area contributed by atoms with E-state index in [-0.39, 0.29) is 6.61 Å². The second kappa shape index (κ2) is 11.0. The number of fused-ring (bicyclic) bond motifs is 1. The Morgan fingerprint density at radius 3 is 2.44 bits per heavy atom. The van der Waals surface area contributed by atoms with Crippen LogP contribution in [0.2, 0.25) is 0 Å². The summed E-state index contributed by atoms with van der Waals surface area (Å²) in [5.74, 6) is 1.43. The Morgan fingerprint density at radius 1 is 0.941 bits per heavy atom. The van der Waals surface area contributed by atoms with Gasteiger partial charge >= 0.3 is 0 Å². The molecule has 0 bridgehead atoms. The fraction of sp³-hybridized carbons (Fsp3) is 0.320. The average Bonchev–Trinajstić information content (AvgIpc) is 3.34. The topological polar surface area (TPSA) is 94.8 Å². The van der Waals surface area contributed by atoms with Crippen LogP contribution < -0.4 is 14.4 Å². The Morgan fingerprint density at radius 2 is 1.74 bits per heavy atom. The predicted molar refractivity (Wildman–Crippen MR) is 131 cm³/mol. The second-order valence-corrected chi connectivity index (χ2v) is 7.71. The average molecular weight is 464 g/mol. The highest BCUT2D eigenvalue weighted by Crippen LogP contribution is 2.34. The number of benzene rings is 2. The van der Waals surface area contributed by atoms with E-state index in [1.54, 1.807) is 38.4 Å². The zero-order valence-electron chi connectivity index (χ0n) is 19.6. The number of nitrogens with zero attached hydrogens (tertiary/aromatic N) is 5. The van der Waals surface area contributed by atoms with Gasteiger partial charge in [-0.3, -0.25) is 9.67 Å². The van der Waals surface area contributed by atoms with Crippen LogP contribution in [0.15, 0.2) is 55.0 Å². The highest BCUT2D eigenvalue weighted by atomic mass is 16.5. The van der Waals surface area contributed by atoms with E-state index in [4.69, 9.17) is 24.3 Å². The van der Waals surface area contributed by atoms with E-state index in [2.05, 4.69) is 15.0 Å². The molecule has 9 nitrogen and oxygen atoms in total. The number of ether oxygens (including phenoxy) is 3. The predicted octanol–water partition coefficient (Wildman–Crippen LogP) is 3.68. The summed E-state index contributed by atoms with van der Waals surface area (Å²) >= 11 is 0. The maximum absolute atomic E-state index is 9.14. The Labute approximate surface area is 198 Å². The number of hydrogen-bond donors (Lipinski definition) is 1. The molecule has 0 aliphatic rings. The molecule has 0 atom stereocenters. The first-order chi connectivity index (χ1) is 16.6. The molecule has 0 radical (unpaired) electrons. The van der Waals surface area contributed by atoms with Crippen molar-refractivity contribution in [2.45, 2.75) is 13.0 Å². The molecule has 0 aliphatic heterocycles. The molecule has 0 aliphatic carbocycles. The third-order valence-electron chi connectivity index (χ3n) is 5.47. The molecular formula is C25H29N5O4. The Bertz CT molecular complexity index is 1220. The number of aliphatic hydroxyl groups excluding tert-OH is 1. The monoisotopic (exact) mass is 463 g/mol. The van der Waals surface area contributed by atoms with Crippen molar-refractivity contribution in [3.05, 3.63) is 55.0 Å². The lowest BCUT2D eigenvalue weighted by Crippen LogP contribution is -2.20. The summed E-state index contributed by atoms with van der Waals surface area (Å²) in [6.45, 7) is 1.84. The van der Waals surface area contributed by atoms with Gasteiger partial charge < -0.3 is 24.2 Å². The minimum absolute atomic E-state index is 0.0296. The number of hydrogen-bond acceptors (Lipinski definition) is 8. The van der Waals surface area contributed by atoms with Crippen molar-refractivity contribution in [2.75, 3.05) is 46.0 Å². The molecule has 0 saturated carbocycles. The van der Waals surface area contributed by atoms with E-state index in [1.165, 1.54) is 0 Å². The van der Waals surface area contributed by atoms with Crippen molar-refractivity contribution in [1.29, 1.82) is 0 Å². The van der Waals surface area contributed by atoms with Gasteiger partial charge in [-0.2, -0.15) is 5.10 Å². The molecule has 2 aromatic carbocycles. The van der Waals surface area contributed by atoms with Crippen LogP contribution in [0.3, 0.4) is 0 Å². The maximum Gasteiger partial charge on any atom is 0.124 e. The van der Waals surface area contributed by atoms with Crippen LogP contribution in [0.5, 0.6) is 11.5 Å². The minimum atomic E-state index is 0.0296. The lowest BCUT2D eigenvalue weighted by molar-refractivity contribution is 0.196. The van der Waals surface area contributed by atoms with E-state index in [0.717, 1.165) is 46.6 Å². The number of methoxy groups -OCH3 is 3. The first kappa shape index (κ1) is 23.5. The molecule has 0 spiro atoms. The van der Waals surface area contributed by atoms with Gasteiger partial charge in [0.1, 0.15) is 11.5 Å². The van der Waals surface area contributed by atoms with Crippen molar-refractivity contribution >= 4 is 22.4 Å². The molecule has 178 valence electrons. The van der Waals surface area contributed by atoms with Crippen LogP contribution in [-0.4, -0.2) is 65.9 Å². The van der Waals surface area contributed by atoms with Crippen LogP contribution in [0.4, 0.5) is 11.4 Å². The van der Waals surface area contributed by atoms with Crippen molar-refractivity contribution in [3.8, 4) is 22.8 Å². The Balaban J connectivity index is 1.73. The summed E-state index contributed by atoms with van der Waals surface area (Å²) in [4.78, 5) is 11.6. The summed E-state index contributed by atoms with van der Waals surface area (Å²) < 4.78 is 17.9. The van der Waals surface area contributed by atoms with Crippen molar-refractivity contribution in [2.24, 2.45) is 0 Å². The third kappa shape index (κ3) is 5.27. The smallest absolute Gasteiger partial charge is 0.124 e. The van der Waals surface area contributed by atoms with E-state index >= 15 is 0 Å². The van der Waals surface area contributed by atoms with Gasteiger partial charge in [0, 0.05) is 61.6 Å². The highest BCUT2D eigenvalue weighted by Gasteiger charge is 2.14. The normalized spacial score (nSPS) is 11.1. The van der Waals surface area contributed by atoms with E-state index in [9.17, 15) is 0 Å². The quantitative estimate of drug-likeness (QED) is 0.337. The molecule has 0 unspecified atom stereocenters. The fourth-order valence-electron chi connectivity index (χ4n) is 3.75. The molecule has 4 rings (SSSR count). The Hall–Kier alpha value is -3.69. The van der Waals surface area contributed by atoms with Crippen LogP contribution in [0, 0.1) is 0 Å². The minimum Gasteiger partial charge on any atom is -0.497 e. The standard InChI is InChI=1S/C25H29N5O4/c1-32-10-4-7-30(20-11-21(33-2)14-22(12-20)34-3)19-5-6-23-24(13-19)28-25(16-26-23)18-15-27-29(17-18)8-9-31/h5-6,11-17,31H,4,7-10H2,1-3H3. The number of rotatable bonds is 11. The van der Waals surface area contributed by atoms with Crippen LogP contribution in [0.1, 0.15) is 6.42 Å². The summed E-state index contributed by atoms with van der Waals surface area (Å²) in [5.41, 5.74) is 5.07. The van der Waals surface area contributed by atoms with Gasteiger partial charge in [0.15, 0.2) is 0 Å². The molecule has 2 aromatic heterocycles. The SMILES string of the molecule is COCCCN(c1cc(OC)cc(OC)c1)c1ccc2ncc(-c3cnn(CCO)c3)nc2c1. The van der Waals surface area contributed by atoms with Gasteiger partial charge in [0.2, 0.25) is 0 Å². The molecule has 0 amide bonds. The lowest BCUT2D eigenvalue weighted by Gasteiger charge is -2.26. The van der Waals surface area contributed by atoms with E-state index < -0.39 is 0 Å². The summed E-state index contributed by atoms with van der Waals surface area (Å²) in [7, 11) is 4.99. The van der Waals surface area contributed by atoms with E-state index in [0.29, 0.717) is 24.7 Å². The number of anilines is 2. The van der Waals surface area contributed by atoms with Gasteiger partial charge in [0.25, 0.3) is 0 Å². The summed E-state index contributed by atoms with van der Waals surface area (Å²) in [6, 6.07) is 11.9. The molecule has 34 heavy (non-hydrogen) atoms. The fourth-order valence-corrected chi connectivity index (χ4v) is 3.75. The molecule has 9 heteroatoms. The van der Waals surface area contributed by atoms with Crippen molar-refractivity contribution < 1.29 is 19.3 Å². The van der Waals surface area contributed by atoms with Gasteiger partial charge in [-0.05, 0) is 24.6 Å². The third-order valence-corrected chi connectivity index (χ3v) is 5.47. The van der Waals surface area contributed by atoms with Gasteiger partial charge in [-0.1, -0.05) is 0 Å². The first-order valence-electron chi connectivity index (χ1n) is 11.0. The largest absolute Gasteiger partial charge is 0.497 e. The first-order valence-corrected chi connectivity index (χ1v) is 11.0. The van der Waals surface area contributed by atoms with Crippen molar-refractivity contribution in [1.82, 2.24) is 19.7 Å². The molecule has 0 fully saturated rings. The van der Waals surface area contributed by atoms with Crippen LogP contribution >= 0.6 is 0 Å². The molecule has 0 saturated heterocycles. The molecular weight excluding hydrogens is 434 g/mol.